The fraction of sp³-hybridized carbons (Fsp3) is 0.750. The zero-order valence-electron chi connectivity index (χ0n) is 11.0. The molecular formula is C12H24N4S. The van der Waals surface area contributed by atoms with Gasteiger partial charge in [0.15, 0.2) is 0 Å². The summed E-state index contributed by atoms with van der Waals surface area (Å²) < 4.78 is 1.93. The van der Waals surface area contributed by atoms with Gasteiger partial charge < -0.3 is 0 Å². The van der Waals surface area contributed by atoms with Crippen LogP contribution in [0, 0.1) is 0 Å². The minimum Gasteiger partial charge on any atom is -0.273 e. The number of hydrogen-bond donors (Lipinski definition) is 2. The van der Waals surface area contributed by atoms with Gasteiger partial charge in [-0.3, -0.25) is 16.0 Å². The molecule has 0 spiro atoms. The second kappa shape index (κ2) is 7.74. The van der Waals surface area contributed by atoms with Crippen LogP contribution in [0.25, 0.3) is 0 Å². The van der Waals surface area contributed by atoms with Crippen LogP contribution in [0.15, 0.2) is 12.3 Å². The first-order chi connectivity index (χ1) is 8.17. The van der Waals surface area contributed by atoms with Crippen LogP contribution in [0.1, 0.15) is 32.4 Å². The van der Waals surface area contributed by atoms with Gasteiger partial charge in [-0.15, -0.1) is 0 Å². The number of nitrogens with one attached hydrogen (secondary N) is 1. The molecule has 4 nitrogen and oxygen atoms in total. The number of thioether (sulfide) groups is 1. The zero-order chi connectivity index (χ0) is 12.7. The molecule has 0 saturated heterocycles. The lowest BCUT2D eigenvalue weighted by molar-refractivity contribution is 0.527. The maximum atomic E-state index is 5.59. The van der Waals surface area contributed by atoms with Crippen LogP contribution in [0.2, 0.25) is 0 Å². The van der Waals surface area contributed by atoms with Gasteiger partial charge in [0.2, 0.25) is 0 Å². The summed E-state index contributed by atoms with van der Waals surface area (Å²) in [5, 5.41) is 4.88. The van der Waals surface area contributed by atoms with Gasteiger partial charge in [0, 0.05) is 36.0 Å². The highest BCUT2D eigenvalue weighted by atomic mass is 32.2. The summed E-state index contributed by atoms with van der Waals surface area (Å²) in [4.78, 5) is 0. The van der Waals surface area contributed by atoms with Gasteiger partial charge in [-0.1, -0.05) is 13.8 Å². The molecule has 0 aliphatic heterocycles. The molecule has 1 aromatic heterocycles. The van der Waals surface area contributed by atoms with E-state index in [0.29, 0.717) is 11.3 Å². The average Bonchev–Trinajstić information content (AvgIpc) is 2.75. The van der Waals surface area contributed by atoms with Crippen LogP contribution in [0.4, 0.5) is 0 Å². The van der Waals surface area contributed by atoms with Crippen molar-refractivity contribution in [2.24, 2.45) is 12.9 Å². The van der Waals surface area contributed by atoms with E-state index in [1.807, 2.05) is 29.7 Å². The molecule has 0 radical (unpaired) electrons. The maximum Gasteiger partial charge on any atom is 0.0492 e. The summed E-state index contributed by atoms with van der Waals surface area (Å²) in [5.74, 6) is 6.66. The van der Waals surface area contributed by atoms with Crippen molar-refractivity contribution in [2.75, 3.05) is 5.75 Å². The van der Waals surface area contributed by atoms with E-state index in [1.54, 1.807) is 0 Å². The summed E-state index contributed by atoms with van der Waals surface area (Å²) in [7, 11) is 1.98. The van der Waals surface area contributed by atoms with E-state index in [1.165, 1.54) is 12.1 Å². The molecule has 0 aliphatic rings. The minimum absolute atomic E-state index is 0.379. The highest BCUT2D eigenvalue weighted by molar-refractivity contribution is 7.99. The number of hydrogen-bond acceptors (Lipinski definition) is 4. The highest BCUT2D eigenvalue weighted by Gasteiger charge is 2.10. The molecule has 17 heavy (non-hydrogen) atoms. The van der Waals surface area contributed by atoms with Crippen molar-refractivity contribution in [1.82, 2.24) is 15.2 Å². The Labute approximate surface area is 108 Å². The quantitative estimate of drug-likeness (QED) is 0.549. The van der Waals surface area contributed by atoms with Gasteiger partial charge in [-0.2, -0.15) is 16.9 Å². The summed E-state index contributed by atoms with van der Waals surface area (Å²) in [6.45, 7) is 4.48. The van der Waals surface area contributed by atoms with Crippen LogP contribution in [0.5, 0.6) is 0 Å². The molecule has 1 heterocycles. The van der Waals surface area contributed by atoms with Gasteiger partial charge in [0.05, 0.1) is 0 Å². The lowest BCUT2D eigenvalue weighted by Gasteiger charge is -2.17. The molecule has 0 amide bonds. The number of hydrazine groups is 1. The number of nitrogens with two attached hydrogens (primary N) is 1. The van der Waals surface area contributed by atoms with Crippen LogP contribution in [-0.2, 0) is 13.5 Å². The van der Waals surface area contributed by atoms with Crippen LogP contribution < -0.4 is 11.3 Å². The van der Waals surface area contributed by atoms with Gasteiger partial charge >= 0.3 is 0 Å². The lowest BCUT2D eigenvalue weighted by Crippen LogP contribution is -2.37. The van der Waals surface area contributed by atoms with E-state index in [9.17, 15) is 0 Å². The SMILES string of the molecule is CCC(C)SCC(CCc1ccnn1C)NN. The van der Waals surface area contributed by atoms with Crippen molar-refractivity contribution in [3.8, 4) is 0 Å². The Hall–Kier alpha value is -0.520. The molecule has 0 aromatic carbocycles. The Bertz CT molecular complexity index is 313. The second-order valence-corrected chi connectivity index (χ2v) is 5.87. The molecule has 0 saturated carbocycles. The third-order valence-electron chi connectivity index (χ3n) is 3.06. The summed E-state index contributed by atoms with van der Waals surface area (Å²) in [6, 6.07) is 2.44. The molecule has 2 atom stereocenters. The minimum atomic E-state index is 0.379. The Balaban J connectivity index is 2.30. The molecule has 0 bridgehead atoms. The van der Waals surface area contributed by atoms with Gasteiger partial charge in [-0.25, -0.2) is 0 Å². The predicted molar refractivity (Wildman–Crippen MR) is 74.9 cm³/mol. The van der Waals surface area contributed by atoms with Crippen LogP contribution in [0.3, 0.4) is 0 Å². The zero-order valence-corrected chi connectivity index (χ0v) is 11.8. The number of rotatable bonds is 8. The molecule has 1 rings (SSSR count). The average molecular weight is 256 g/mol. The third kappa shape index (κ3) is 5.10. The van der Waals surface area contributed by atoms with E-state index >= 15 is 0 Å². The number of aromatic nitrogens is 2. The lowest BCUT2D eigenvalue weighted by atomic mass is 10.1. The standard InChI is InChI=1S/C12H24N4S/c1-4-10(2)17-9-11(15-13)5-6-12-7-8-14-16(12)3/h7-8,10-11,15H,4-6,9,13H2,1-3H3. The molecule has 98 valence electrons. The first kappa shape index (κ1) is 14.5. The van der Waals surface area contributed by atoms with E-state index < -0.39 is 0 Å². The second-order valence-electron chi connectivity index (χ2n) is 4.40. The fourth-order valence-electron chi connectivity index (χ4n) is 1.58. The number of nitrogens with zero attached hydrogens (tertiary/aromatic N) is 2. The molecule has 1 aromatic rings. The highest BCUT2D eigenvalue weighted by Crippen LogP contribution is 2.16. The van der Waals surface area contributed by atoms with Gasteiger partial charge in [0.25, 0.3) is 0 Å². The van der Waals surface area contributed by atoms with Crippen molar-refractivity contribution >= 4 is 11.8 Å². The van der Waals surface area contributed by atoms with Crippen LogP contribution >= 0.6 is 11.8 Å². The molecule has 2 unspecified atom stereocenters. The van der Waals surface area contributed by atoms with Crippen molar-refractivity contribution in [3.05, 3.63) is 18.0 Å². The summed E-state index contributed by atoms with van der Waals surface area (Å²) in [5.41, 5.74) is 4.18. The van der Waals surface area contributed by atoms with Crippen molar-refractivity contribution < 1.29 is 0 Å². The Morgan fingerprint density at radius 2 is 2.35 bits per heavy atom. The van der Waals surface area contributed by atoms with Crippen LogP contribution in [-0.4, -0.2) is 26.8 Å². The first-order valence-electron chi connectivity index (χ1n) is 6.22. The third-order valence-corrected chi connectivity index (χ3v) is 4.56. The fourth-order valence-corrected chi connectivity index (χ4v) is 2.64. The van der Waals surface area contributed by atoms with E-state index in [0.717, 1.165) is 18.6 Å². The molecule has 0 aliphatic carbocycles. The topological polar surface area (TPSA) is 55.9 Å². The maximum absolute atomic E-state index is 5.59. The summed E-state index contributed by atoms with van der Waals surface area (Å²) >= 11 is 1.99. The van der Waals surface area contributed by atoms with Crippen molar-refractivity contribution in [2.45, 2.75) is 44.4 Å². The molecule has 5 heteroatoms. The summed E-state index contributed by atoms with van der Waals surface area (Å²) in [6.07, 6.45) is 5.13. The predicted octanol–water partition coefficient (Wildman–Crippen LogP) is 1.72. The Morgan fingerprint density at radius 1 is 1.59 bits per heavy atom. The Morgan fingerprint density at radius 3 is 2.88 bits per heavy atom. The monoisotopic (exact) mass is 256 g/mol. The number of aryl methyl sites for hydroxylation is 2. The normalized spacial score (nSPS) is 14.8. The van der Waals surface area contributed by atoms with Gasteiger partial charge in [-0.05, 0) is 25.3 Å². The Kier molecular flexibility index (Phi) is 6.62. The first-order valence-corrected chi connectivity index (χ1v) is 7.26. The van der Waals surface area contributed by atoms with E-state index in [-0.39, 0.29) is 0 Å². The van der Waals surface area contributed by atoms with Gasteiger partial charge in [0.1, 0.15) is 0 Å². The molecule has 3 N–H and O–H groups in total. The largest absolute Gasteiger partial charge is 0.273 e. The van der Waals surface area contributed by atoms with Crippen molar-refractivity contribution in [1.29, 1.82) is 0 Å². The van der Waals surface area contributed by atoms with Crippen molar-refractivity contribution in [3.63, 3.8) is 0 Å². The smallest absolute Gasteiger partial charge is 0.0492 e. The molecular weight excluding hydrogens is 232 g/mol. The van der Waals surface area contributed by atoms with E-state index in [4.69, 9.17) is 5.84 Å². The molecule has 0 fully saturated rings. The van der Waals surface area contributed by atoms with E-state index in [2.05, 4.69) is 30.4 Å².